The van der Waals surface area contributed by atoms with Crippen molar-refractivity contribution >= 4 is 17.5 Å². The highest BCUT2D eigenvalue weighted by molar-refractivity contribution is 6.30. The van der Waals surface area contributed by atoms with Crippen LogP contribution in [0.1, 0.15) is 46.4 Å². The number of hydrogen-bond acceptors (Lipinski definition) is 3. The predicted octanol–water partition coefficient (Wildman–Crippen LogP) is 2.77. The first-order valence-corrected chi connectivity index (χ1v) is 8.89. The Hall–Kier alpha value is -1.85. The first-order chi connectivity index (χ1) is 11.7. The molecule has 0 saturated carbocycles. The van der Waals surface area contributed by atoms with Crippen LogP contribution in [0.4, 0.5) is 0 Å². The van der Waals surface area contributed by atoms with E-state index < -0.39 is 0 Å². The minimum atomic E-state index is 0.0213. The minimum Gasteiger partial charge on any atom is -0.337 e. The van der Waals surface area contributed by atoms with Gasteiger partial charge in [0, 0.05) is 42.2 Å². The highest BCUT2D eigenvalue weighted by atomic mass is 35.5. The van der Waals surface area contributed by atoms with Crippen molar-refractivity contribution in [2.75, 3.05) is 26.2 Å². The van der Waals surface area contributed by atoms with E-state index in [0.29, 0.717) is 17.5 Å². The van der Waals surface area contributed by atoms with Crippen LogP contribution in [0.15, 0.2) is 30.3 Å². The van der Waals surface area contributed by atoms with Gasteiger partial charge in [-0.25, -0.2) is 0 Å². The molecule has 126 valence electrons. The predicted molar refractivity (Wildman–Crippen MR) is 93.5 cm³/mol. The smallest absolute Gasteiger partial charge is 0.274 e. The average Bonchev–Trinajstić information content (AvgIpc) is 3.33. The van der Waals surface area contributed by atoms with E-state index in [1.807, 2.05) is 29.2 Å². The Labute approximate surface area is 146 Å². The van der Waals surface area contributed by atoms with Crippen molar-refractivity contribution in [3.63, 3.8) is 0 Å². The maximum absolute atomic E-state index is 12.7. The summed E-state index contributed by atoms with van der Waals surface area (Å²) in [7, 11) is 0. The van der Waals surface area contributed by atoms with Crippen LogP contribution in [0.3, 0.4) is 0 Å². The molecule has 3 heterocycles. The zero-order chi connectivity index (χ0) is 16.5. The van der Waals surface area contributed by atoms with Gasteiger partial charge in [0.15, 0.2) is 0 Å². The molecular weight excluding hydrogens is 324 g/mol. The summed E-state index contributed by atoms with van der Waals surface area (Å²) in [6.45, 7) is 3.48. The van der Waals surface area contributed by atoms with Crippen LogP contribution in [0.2, 0.25) is 5.02 Å². The van der Waals surface area contributed by atoms with E-state index in [9.17, 15) is 4.79 Å². The van der Waals surface area contributed by atoms with Crippen LogP contribution in [-0.4, -0.2) is 47.2 Å². The van der Waals surface area contributed by atoms with Gasteiger partial charge in [0.05, 0.1) is 0 Å². The Kier molecular flexibility index (Phi) is 4.29. The third kappa shape index (κ3) is 3.06. The average molecular weight is 345 g/mol. The van der Waals surface area contributed by atoms with Gasteiger partial charge >= 0.3 is 0 Å². The van der Waals surface area contributed by atoms with E-state index in [0.717, 1.165) is 49.7 Å². The molecule has 24 heavy (non-hydrogen) atoms. The third-order valence-corrected chi connectivity index (χ3v) is 5.35. The zero-order valence-corrected chi connectivity index (χ0v) is 14.2. The van der Waals surface area contributed by atoms with Gasteiger partial charge in [0.25, 0.3) is 5.91 Å². The number of likely N-dealkylation sites (tertiary alicyclic amines) is 1. The molecule has 5 nitrogen and oxygen atoms in total. The van der Waals surface area contributed by atoms with Crippen LogP contribution in [0.5, 0.6) is 0 Å². The number of aromatic amines is 1. The van der Waals surface area contributed by atoms with Crippen molar-refractivity contribution in [1.29, 1.82) is 0 Å². The molecule has 4 rings (SSSR count). The molecule has 6 heteroatoms. The van der Waals surface area contributed by atoms with E-state index in [1.165, 1.54) is 5.56 Å². The first kappa shape index (κ1) is 15.7. The Morgan fingerprint density at radius 3 is 2.96 bits per heavy atom. The number of H-pyrrole nitrogens is 1. The van der Waals surface area contributed by atoms with Crippen LogP contribution in [0, 0.1) is 0 Å². The van der Waals surface area contributed by atoms with Gasteiger partial charge in [0.1, 0.15) is 5.69 Å². The van der Waals surface area contributed by atoms with Crippen LogP contribution >= 0.6 is 11.6 Å². The quantitative estimate of drug-likeness (QED) is 0.900. The van der Waals surface area contributed by atoms with Crippen molar-refractivity contribution in [3.05, 3.63) is 52.3 Å². The standard InChI is InChI=1S/C18H21ClN4O/c19-15-3-1-2-12(8-15)14-5-7-23(11-14)18(24)17-9-16(21-22-17)13-4-6-20-10-13/h1-3,8-9,13-14,20H,4-7,10-11H2,(H,21,22). The van der Waals surface area contributed by atoms with Crippen molar-refractivity contribution < 1.29 is 4.79 Å². The number of amides is 1. The fraction of sp³-hybridized carbons (Fsp3) is 0.444. The summed E-state index contributed by atoms with van der Waals surface area (Å²) in [6, 6.07) is 9.86. The summed E-state index contributed by atoms with van der Waals surface area (Å²) in [5.74, 6) is 0.815. The molecule has 1 aromatic carbocycles. The largest absolute Gasteiger partial charge is 0.337 e. The zero-order valence-electron chi connectivity index (χ0n) is 13.5. The van der Waals surface area contributed by atoms with Gasteiger partial charge in [-0.05, 0) is 43.1 Å². The van der Waals surface area contributed by atoms with Crippen LogP contribution in [-0.2, 0) is 0 Å². The molecule has 0 spiro atoms. The molecule has 1 amide bonds. The Morgan fingerprint density at radius 2 is 2.17 bits per heavy atom. The maximum Gasteiger partial charge on any atom is 0.274 e. The second kappa shape index (κ2) is 6.57. The summed E-state index contributed by atoms with van der Waals surface area (Å²) in [6.07, 6.45) is 2.06. The molecule has 2 fully saturated rings. The lowest BCUT2D eigenvalue weighted by Gasteiger charge is -2.15. The number of carbonyl (C=O) groups excluding carboxylic acids is 1. The summed E-state index contributed by atoms with van der Waals surface area (Å²) < 4.78 is 0. The van der Waals surface area contributed by atoms with Gasteiger partial charge < -0.3 is 10.2 Å². The molecular formula is C18H21ClN4O. The number of nitrogens with zero attached hydrogens (tertiary/aromatic N) is 2. The molecule has 0 radical (unpaired) electrons. The van der Waals surface area contributed by atoms with E-state index in [-0.39, 0.29) is 5.91 Å². The van der Waals surface area contributed by atoms with Crippen molar-refractivity contribution in [1.82, 2.24) is 20.4 Å². The topological polar surface area (TPSA) is 61.0 Å². The number of benzene rings is 1. The third-order valence-electron chi connectivity index (χ3n) is 5.11. The monoisotopic (exact) mass is 344 g/mol. The Morgan fingerprint density at radius 1 is 1.25 bits per heavy atom. The Balaban J connectivity index is 1.44. The first-order valence-electron chi connectivity index (χ1n) is 8.51. The second-order valence-corrected chi connectivity index (χ2v) is 7.13. The molecule has 2 saturated heterocycles. The molecule has 2 N–H and O–H groups in total. The van der Waals surface area contributed by atoms with Gasteiger partial charge in [-0.15, -0.1) is 0 Å². The lowest BCUT2D eigenvalue weighted by Crippen LogP contribution is -2.28. The van der Waals surface area contributed by atoms with Gasteiger partial charge in [0.2, 0.25) is 0 Å². The second-order valence-electron chi connectivity index (χ2n) is 6.69. The fourth-order valence-electron chi connectivity index (χ4n) is 3.71. The van der Waals surface area contributed by atoms with Crippen molar-refractivity contribution in [2.45, 2.75) is 24.7 Å². The number of rotatable bonds is 3. The highest BCUT2D eigenvalue weighted by Crippen LogP contribution is 2.30. The molecule has 2 unspecified atom stereocenters. The maximum atomic E-state index is 12.7. The number of halogens is 1. The molecule has 1 aromatic heterocycles. The number of carbonyl (C=O) groups is 1. The van der Waals surface area contributed by atoms with E-state index in [4.69, 9.17) is 11.6 Å². The molecule has 0 bridgehead atoms. The molecule has 2 aliphatic heterocycles. The Bertz CT molecular complexity index is 738. The van der Waals surface area contributed by atoms with Crippen LogP contribution < -0.4 is 5.32 Å². The normalized spacial score (nSPS) is 23.8. The van der Waals surface area contributed by atoms with Crippen LogP contribution in [0.25, 0.3) is 0 Å². The van der Waals surface area contributed by atoms with E-state index in [1.54, 1.807) is 0 Å². The molecule has 0 aliphatic carbocycles. The lowest BCUT2D eigenvalue weighted by atomic mass is 9.99. The summed E-state index contributed by atoms with van der Waals surface area (Å²) in [4.78, 5) is 14.6. The fourth-order valence-corrected chi connectivity index (χ4v) is 3.91. The number of nitrogens with one attached hydrogen (secondary N) is 2. The summed E-state index contributed by atoms with van der Waals surface area (Å²) >= 11 is 6.08. The SMILES string of the molecule is O=C(c1cc(C2CCNC2)[nH]n1)N1CCC(c2cccc(Cl)c2)C1. The van der Waals surface area contributed by atoms with E-state index in [2.05, 4.69) is 21.6 Å². The minimum absolute atomic E-state index is 0.0213. The van der Waals surface area contributed by atoms with Gasteiger partial charge in [-0.1, -0.05) is 23.7 Å². The summed E-state index contributed by atoms with van der Waals surface area (Å²) in [5.41, 5.74) is 2.80. The molecule has 2 aromatic rings. The number of aromatic nitrogens is 2. The highest BCUT2D eigenvalue weighted by Gasteiger charge is 2.30. The summed E-state index contributed by atoms with van der Waals surface area (Å²) in [5, 5.41) is 11.4. The lowest BCUT2D eigenvalue weighted by molar-refractivity contribution is 0.0785. The number of hydrogen-bond donors (Lipinski definition) is 2. The molecule has 2 aliphatic rings. The van der Waals surface area contributed by atoms with Gasteiger partial charge in [-0.3, -0.25) is 9.89 Å². The molecule has 2 atom stereocenters. The van der Waals surface area contributed by atoms with Gasteiger partial charge in [-0.2, -0.15) is 5.10 Å². The van der Waals surface area contributed by atoms with Crippen molar-refractivity contribution in [2.24, 2.45) is 0 Å². The van der Waals surface area contributed by atoms with E-state index >= 15 is 0 Å². The van der Waals surface area contributed by atoms with Crippen molar-refractivity contribution in [3.8, 4) is 0 Å².